The van der Waals surface area contributed by atoms with Gasteiger partial charge in [0.25, 0.3) is 5.91 Å². The lowest BCUT2D eigenvalue weighted by Crippen LogP contribution is -2.12. The Labute approximate surface area is 169 Å². The van der Waals surface area contributed by atoms with Gasteiger partial charge in [-0.05, 0) is 31.2 Å². The lowest BCUT2D eigenvalue weighted by molar-refractivity contribution is 0.102. The molecular formula is C22H23N3O4. The smallest absolute Gasteiger partial charge is 0.255 e. The molecule has 1 heterocycles. The van der Waals surface area contributed by atoms with Crippen LogP contribution in [-0.4, -0.2) is 32.2 Å². The Morgan fingerprint density at radius 2 is 1.52 bits per heavy atom. The summed E-state index contributed by atoms with van der Waals surface area (Å²) in [6.45, 7) is 1.98. The third kappa shape index (κ3) is 4.76. The molecule has 0 atom stereocenters. The molecule has 1 aromatic heterocycles. The van der Waals surface area contributed by atoms with Crippen LogP contribution in [-0.2, 0) is 0 Å². The van der Waals surface area contributed by atoms with Crippen molar-refractivity contribution in [3.8, 4) is 17.2 Å². The number of anilines is 3. The van der Waals surface area contributed by atoms with Crippen LogP contribution in [0, 0.1) is 6.92 Å². The Bertz CT molecular complexity index is 961. The number of nitrogens with zero attached hydrogens (tertiary/aromatic N) is 1. The maximum Gasteiger partial charge on any atom is 0.255 e. The van der Waals surface area contributed by atoms with E-state index in [0.717, 1.165) is 11.3 Å². The molecule has 7 heteroatoms. The molecule has 2 aromatic carbocycles. The first-order valence-corrected chi connectivity index (χ1v) is 8.95. The van der Waals surface area contributed by atoms with Crippen LogP contribution >= 0.6 is 0 Å². The molecular weight excluding hydrogens is 370 g/mol. The fourth-order valence-electron chi connectivity index (χ4n) is 2.75. The van der Waals surface area contributed by atoms with E-state index in [2.05, 4.69) is 15.6 Å². The highest BCUT2D eigenvalue weighted by atomic mass is 16.5. The average molecular weight is 393 g/mol. The van der Waals surface area contributed by atoms with Crippen molar-refractivity contribution in [1.82, 2.24) is 4.98 Å². The maximum absolute atomic E-state index is 12.3. The normalized spacial score (nSPS) is 10.2. The molecule has 3 rings (SSSR count). The highest BCUT2D eigenvalue weighted by Gasteiger charge is 2.13. The molecule has 0 aliphatic carbocycles. The molecule has 0 unspecified atom stereocenters. The van der Waals surface area contributed by atoms with Crippen molar-refractivity contribution in [3.05, 3.63) is 65.9 Å². The van der Waals surface area contributed by atoms with Gasteiger partial charge >= 0.3 is 0 Å². The topological polar surface area (TPSA) is 81.7 Å². The summed E-state index contributed by atoms with van der Waals surface area (Å²) in [6.07, 6.45) is 1.59. The van der Waals surface area contributed by atoms with Crippen molar-refractivity contribution >= 4 is 23.1 Å². The molecule has 29 heavy (non-hydrogen) atoms. The van der Waals surface area contributed by atoms with Crippen molar-refractivity contribution in [2.24, 2.45) is 0 Å². The van der Waals surface area contributed by atoms with E-state index >= 15 is 0 Å². The van der Waals surface area contributed by atoms with Gasteiger partial charge < -0.3 is 24.8 Å². The summed E-state index contributed by atoms with van der Waals surface area (Å²) in [7, 11) is 4.67. The van der Waals surface area contributed by atoms with E-state index in [1.165, 1.54) is 0 Å². The van der Waals surface area contributed by atoms with E-state index in [-0.39, 0.29) is 5.91 Å². The number of nitrogens with one attached hydrogen (secondary N) is 2. The first-order chi connectivity index (χ1) is 14.0. The molecule has 0 spiro atoms. The Morgan fingerprint density at radius 1 is 0.862 bits per heavy atom. The zero-order chi connectivity index (χ0) is 20.8. The van der Waals surface area contributed by atoms with Crippen LogP contribution in [0.1, 0.15) is 15.9 Å². The van der Waals surface area contributed by atoms with Gasteiger partial charge in [-0.15, -0.1) is 0 Å². The largest absolute Gasteiger partial charge is 0.493 e. The number of aryl methyl sites for hydroxylation is 1. The molecule has 2 N–H and O–H groups in total. The second kappa shape index (κ2) is 8.97. The summed E-state index contributed by atoms with van der Waals surface area (Å²) in [5.74, 6) is 2.01. The molecule has 0 aliphatic rings. The molecule has 3 aromatic rings. The van der Waals surface area contributed by atoms with Gasteiger partial charge in [-0.3, -0.25) is 4.79 Å². The molecule has 1 amide bonds. The first-order valence-electron chi connectivity index (χ1n) is 8.95. The van der Waals surface area contributed by atoms with Crippen LogP contribution in [0.25, 0.3) is 0 Å². The van der Waals surface area contributed by atoms with E-state index in [1.54, 1.807) is 63.9 Å². The SMILES string of the molecule is COc1cc(Nc2ccc(NC(=O)c3ccc(C)cc3)cn2)cc(OC)c1OC. The summed E-state index contributed by atoms with van der Waals surface area (Å²) in [5, 5.41) is 6.02. The van der Waals surface area contributed by atoms with Gasteiger partial charge in [-0.1, -0.05) is 17.7 Å². The van der Waals surface area contributed by atoms with Gasteiger partial charge in [0, 0.05) is 23.4 Å². The van der Waals surface area contributed by atoms with Crippen molar-refractivity contribution in [3.63, 3.8) is 0 Å². The highest BCUT2D eigenvalue weighted by Crippen LogP contribution is 2.40. The Kier molecular flexibility index (Phi) is 6.19. The van der Waals surface area contributed by atoms with Gasteiger partial charge in [0.2, 0.25) is 5.75 Å². The summed E-state index contributed by atoms with van der Waals surface area (Å²) >= 11 is 0. The number of benzene rings is 2. The van der Waals surface area contributed by atoms with E-state index in [9.17, 15) is 4.79 Å². The third-order valence-corrected chi connectivity index (χ3v) is 4.27. The Balaban J connectivity index is 1.72. The van der Waals surface area contributed by atoms with E-state index in [0.29, 0.717) is 34.3 Å². The number of rotatable bonds is 7. The number of methoxy groups -OCH3 is 3. The zero-order valence-electron chi connectivity index (χ0n) is 16.8. The van der Waals surface area contributed by atoms with Crippen LogP contribution in [0.15, 0.2) is 54.7 Å². The standard InChI is InChI=1S/C22H23N3O4/c1-14-5-7-15(8-6-14)22(26)25-16-9-10-20(23-13-16)24-17-11-18(27-2)21(29-4)19(12-17)28-3/h5-13H,1-4H3,(H,23,24)(H,25,26). The molecule has 0 bridgehead atoms. The summed E-state index contributed by atoms with van der Waals surface area (Å²) in [4.78, 5) is 16.7. The minimum Gasteiger partial charge on any atom is -0.493 e. The molecule has 7 nitrogen and oxygen atoms in total. The summed E-state index contributed by atoms with van der Waals surface area (Å²) in [5.41, 5.74) is 3.02. The van der Waals surface area contributed by atoms with Crippen LogP contribution in [0.5, 0.6) is 17.2 Å². The molecule has 0 radical (unpaired) electrons. The maximum atomic E-state index is 12.3. The van der Waals surface area contributed by atoms with Crippen molar-refractivity contribution in [2.45, 2.75) is 6.92 Å². The average Bonchev–Trinajstić information content (AvgIpc) is 2.74. The van der Waals surface area contributed by atoms with Gasteiger partial charge in [-0.25, -0.2) is 4.98 Å². The fourth-order valence-corrected chi connectivity index (χ4v) is 2.75. The van der Waals surface area contributed by atoms with Gasteiger partial charge in [0.05, 0.1) is 33.2 Å². The van der Waals surface area contributed by atoms with Crippen LogP contribution in [0.3, 0.4) is 0 Å². The Hall–Kier alpha value is -3.74. The summed E-state index contributed by atoms with van der Waals surface area (Å²) < 4.78 is 16.0. The van der Waals surface area contributed by atoms with Gasteiger partial charge in [0.1, 0.15) is 5.82 Å². The number of carbonyl (C=O) groups is 1. The number of hydrogen-bond acceptors (Lipinski definition) is 6. The second-order valence-electron chi connectivity index (χ2n) is 6.29. The minimum absolute atomic E-state index is 0.183. The zero-order valence-corrected chi connectivity index (χ0v) is 16.8. The molecule has 0 saturated carbocycles. The Morgan fingerprint density at radius 3 is 2.03 bits per heavy atom. The molecule has 0 aliphatic heterocycles. The number of carbonyl (C=O) groups excluding carboxylic acids is 1. The van der Waals surface area contributed by atoms with Crippen molar-refractivity contribution in [2.75, 3.05) is 32.0 Å². The van der Waals surface area contributed by atoms with Gasteiger partial charge in [-0.2, -0.15) is 0 Å². The lowest BCUT2D eigenvalue weighted by Gasteiger charge is -2.15. The predicted octanol–water partition coefficient (Wildman–Crippen LogP) is 4.41. The molecule has 0 saturated heterocycles. The van der Waals surface area contributed by atoms with E-state index < -0.39 is 0 Å². The highest BCUT2D eigenvalue weighted by molar-refractivity contribution is 6.04. The quantitative estimate of drug-likeness (QED) is 0.619. The lowest BCUT2D eigenvalue weighted by atomic mass is 10.1. The predicted molar refractivity (Wildman–Crippen MR) is 113 cm³/mol. The van der Waals surface area contributed by atoms with Crippen LogP contribution in [0.4, 0.5) is 17.2 Å². The number of aromatic nitrogens is 1. The van der Waals surface area contributed by atoms with Crippen molar-refractivity contribution in [1.29, 1.82) is 0 Å². The number of ether oxygens (including phenoxy) is 3. The number of pyridine rings is 1. The van der Waals surface area contributed by atoms with Crippen LogP contribution < -0.4 is 24.8 Å². The summed E-state index contributed by atoms with van der Waals surface area (Å²) in [6, 6.07) is 14.5. The van der Waals surface area contributed by atoms with Gasteiger partial charge in [0.15, 0.2) is 11.5 Å². The second-order valence-corrected chi connectivity index (χ2v) is 6.29. The molecule has 150 valence electrons. The third-order valence-electron chi connectivity index (χ3n) is 4.27. The number of amides is 1. The van der Waals surface area contributed by atoms with E-state index in [4.69, 9.17) is 14.2 Å². The van der Waals surface area contributed by atoms with Crippen LogP contribution in [0.2, 0.25) is 0 Å². The molecule has 0 fully saturated rings. The monoisotopic (exact) mass is 393 g/mol. The fraction of sp³-hybridized carbons (Fsp3) is 0.182. The first kappa shape index (κ1) is 20.0. The number of hydrogen-bond donors (Lipinski definition) is 2. The van der Waals surface area contributed by atoms with Crippen molar-refractivity contribution < 1.29 is 19.0 Å². The minimum atomic E-state index is -0.183. The van der Waals surface area contributed by atoms with E-state index in [1.807, 2.05) is 19.1 Å².